The van der Waals surface area contributed by atoms with E-state index in [0.29, 0.717) is 56.8 Å². The molecule has 0 rings (SSSR count). The highest BCUT2D eigenvalue weighted by molar-refractivity contribution is 6.01. The average molecular weight is 537 g/mol. The Kier molecular flexibility index (Phi) is 18.2. The van der Waals surface area contributed by atoms with Gasteiger partial charge in [-0.25, -0.2) is 0 Å². The van der Waals surface area contributed by atoms with Gasteiger partial charge in [-0.1, -0.05) is 55.4 Å². The molecule has 5 nitrogen and oxygen atoms in total. The van der Waals surface area contributed by atoms with E-state index in [1.807, 2.05) is 34.6 Å². The Morgan fingerprint density at radius 2 is 1.37 bits per heavy atom. The Morgan fingerprint density at radius 1 is 0.763 bits per heavy atom. The van der Waals surface area contributed by atoms with E-state index in [0.717, 1.165) is 32.1 Å². The first kappa shape index (κ1) is 36.7. The van der Waals surface area contributed by atoms with Crippen LogP contribution in [0, 0.1) is 17.3 Å². The van der Waals surface area contributed by atoms with Crippen molar-refractivity contribution in [3.05, 3.63) is 12.2 Å². The SMILES string of the molecule is CCC(CC)OC(C)CCC(=O)/C=C/C(=O)C(CC)(CC)C(C)(CC)OCCC(C)CCC(=O)C(C)CC. The van der Waals surface area contributed by atoms with Gasteiger partial charge < -0.3 is 9.47 Å². The highest BCUT2D eigenvalue weighted by Crippen LogP contribution is 2.44. The molecule has 0 aliphatic carbocycles. The quantitative estimate of drug-likeness (QED) is 0.122. The Bertz CT molecular complexity index is 719. The second-order valence-electron chi connectivity index (χ2n) is 11.5. The summed E-state index contributed by atoms with van der Waals surface area (Å²) in [5, 5.41) is 0. The summed E-state index contributed by atoms with van der Waals surface area (Å²) in [7, 11) is 0. The van der Waals surface area contributed by atoms with E-state index in [4.69, 9.17) is 9.47 Å². The maximum Gasteiger partial charge on any atom is 0.164 e. The van der Waals surface area contributed by atoms with E-state index < -0.39 is 11.0 Å². The van der Waals surface area contributed by atoms with Crippen LogP contribution >= 0.6 is 0 Å². The lowest BCUT2D eigenvalue weighted by Crippen LogP contribution is -2.52. The van der Waals surface area contributed by atoms with Crippen LogP contribution < -0.4 is 0 Å². The van der Waals surface area contributed by atoms with Gasteiger partial charge in [-0.3, -0.25) is 14.4 Å². The number of Topliss-reactive ketones (excluding diaryl/α,β-unsaturated/α-hetero) is 1. The second-order valence-corrected chi connectivity index (χ2v) is 11.5. The van der Waals surface area contributed by atoms with Gasteiger partial charge >= 0.3 is 0 Å². The first-order valence-electron chi connectivity index (χ1n) is 15.5. The third-order valence-electron chi connectivity index (χ3n) is 9.00. The molecule has 0 aromatic heterocycles. The minimum atomic E-state index is -0.694. The van der Waals surface area contributed by atoms with Crippen molar-refractivity contribution in [2.75, 3.05) is 6.61 Å². The summed E-state index contributed by atoms with van der Waals surface area (Å²) in [6.07, 6.45) is 11.4. The van der Waals surface area contributed by atoms with E-state index in [-0.39, 0.29) is 29.7 Å². The minimum Gasteiger partial charge on any atom is -0.375 e. The number of rotatable bonds is 23. The summed E-state index contributed by atoms with van der Waals surface area (Å²) in [5.74, 6) is 0.780. The molecule has 0 saturated heterocycles. The Labute approximate surface area is 234 Å². The Hall–Kier alpha value is -1.33. The van der Waals surface area contributed by atoms with E-state index in [1.165, 1.54) is 12.2 Å². The van der Waals surface area contributed by atoms with Gasteiger partial charge in [0.05, 0.1) is 23.2 Å². The van der Waals surface area contributed by atoms with Crippen molar-refractivity contribution in [1.82, 2.24) is 0 Å². The maximum absolute atomic E-state index is 13.6. The molecule has 0 aromatic rings. The van der Waals surface area contributed by atoms with Crippen molar-refractivity contribution in [2.24, 2.45) is 17.3 Å². The highest BCUT2D eigenvalue weighted by atomic mass is 16.5. The fourth-order valence-corrected chi connectivity index (χ4v) is 5.31. The summed E-state index contributed by atoms with van der Waals surface area (Å²) in [6, 6.07) is 0. The average Bonchev–Trinajstić information content (AvgIpc) is 2.92. The van der Waals surface area contributed by atoms with Crippen LogP contribution in [0.5, 0.6) is 0 Å². The summed E-state index contributed by atoms with van der Waals surface area (Å²) in [4.78, 5) is 38.3. The fourth-order valence-electron chi connectivity index (χ4n) is 5.31. The van der Waals surface area contributed by atoms with Crippen LogP contribution in [0.25, 0.3) is 0 Å². The molecular formula is C33H60O5. The third kappa shape index (κ3) is 11.4. The van der Waals surface area contributed by atoms with Gasteiger partial charge in [-0.15, -0.1) is 0 Å². The fraction of sp³-hybridized carbons (Fsp3) is 0.848. The smallest absolute Gasteiger partial charge is 0.164 e. The predicted molar refractivity (Wildman–Crippen MR) is 158 cm³/mol. The number of ether oxygens (including phenoxy) is 2. The Morgan fingerprint density at radius 3 is 1.87 bits per heavy atom. The molecule has 4 unspecified atom stereocenters. The van der Waals surface area contributed by atoms with Crippen molar-refractivity contribution in [1.29, 1.82) is 0 Å². The molecule has 0 N–H and O–H groups in total. The molecule has 0 fully saturated rings. The van der Waals surface area contributed by atoms with E-state index >= 15 is 0 Å². The normalized spacial score (nSPS) is 16.4. The number of carbonyl (C=O) groups is 3. The van der Waals surface area contributed by atoms with Crippen LogP contribution in [0.4, 0.5) is 0 Å². The van der Waals surface area contributed by atoms with Crippen LogP contribution in [0.2, 0.25) is 0 Å². The van der Waals surface area contributed by atoms with Crippen molar-refractivity contribution in [2.45, 2.75) is 158 Å². The van der Waals surface area contributed by atoms with Crippen LogP contribution in [0.1, 0.15) is 140 Å². The molecular weight excluding hydrogens is 476 g/mol. The lowest BCUT2D eigenvalue weighted by atomic mass is 9.64. The minimum absolute atomic E-state index is 0.0191. The number of allylic oxidation sites excluding steroid dienone is 2. The third-order valence-corrected chi connectivity index (χ3v) is 9.00. The van der Waals surface area contributed by atoms with Crippen LogP contribution in [-0.2, 0) is 23.9 Å². The molecule has 222 valence electrons. The largest absolute Gasteiger partial charge is 0.375 e. The molecule has 0 saturated carbocycles. The van der Waals surface area contributed by atoms with Gasteiger partial charge in [0, 0.05) is 25.4 Å². The maximum atomic E-state index is 13.6. The lowest BCUT2D eigenvalue weighted by Gasteiger charge is -2.46. The first-order chi connectivity index (χ1) is 17.9. The highest BCUT2D eigenvalue weighted by Gasteiger charge is 2.50. The molecule has 0 aliphatic heterocycles. The van der Waals surface area contributed by atoms with Crippen LogP contribution in [0.3, 0.4) is 0 Å². The molecule has 0 bridgehead atoms. The van der Waals surface area contributed by atoms with Gasteiger partial charge in [0.1, 0.15) is 5.78 Å². The van der Waals surface area contributed by atoms with Crippen LogP contribution in [-0.4, -0.2) is 41.8 Å². The van der Waals surface area contributed by atoms with Crippen molar-refractivity contribution in [3.8, 4) is 0 Å². The zero-order chi connectivity index (χ0) is 29.4. The number of ketones is 3. The van der Waals surface area contributed by atoms with Gasteiger partial charge in [-0.05, 0) is 89.7 Å². The summed E-state index contributed by atoms with van der Waals surface area (Å²) < 4.78 is 12.5. The molecule has 0 aromatic carbocycles. The lowest BCUT2D eigenvalue weighted by molar-refractivity contribution is -0.158. The summed E-state index contributed by atoms with van der Waals surface area (Å²) in [6.45, 7) is 21.2. The van der Waals surface area contributed by atoms with Crippen molar-refractivity contribution in [3.63, 3.8) is 0 Å². The van der Waals surface area contributed by atoms with Gasteiger partial charge in [0.2, 0.25) is 0 Å². The standard InChI is InChI=1S/C33H60O5/c1-11-26(8)30(35)21-17-25(7)23-24-37-32(10,14-4)33(15-5,16-6)31(36)22-20-28(34)19-18-27(9)38-29(12-2)13-3/h20,22,25-27,29H,11-19,21,23-24H2,1-10H3/b22-20+. The molecule has 0 heterocycles. The zero-order valence-corrected chi connectivity index (χ0v) is 26.5. The topological polar surface area (TPSA) is 69.7 Å². The number of hydrogen-bond donors (Lipinski definition) is 0. The van der Waals surface area contributed by atoms with Gasteiger partial charge in [0.25, 0.3) is 0 Å². The van der Waals surface area contributed by atoms with Gasteiger partial charge in [-0.2, -0.15) is 0 Å². The van der Waals surface area contributed by atoms with Gasteiger partial charge in [0.15, 0.2) is 11.6 Å². The van der Waals surface area contributed by atoms with E-state index in [1.54, 1.807) is 0 Å². The van der Waals surface area contributed by atoms with E-state index in [9.17, 15) is 14.4 Å². The Balaban J connectivity index is 5.15. The molecule has 4 atom stereocenters. The predicted octanol–water partition coefficient (Wildman–Crippen LogP) is 8.47. The molecule has 5 heteroatoms. The van der Waals surface area contributed by atoms with Crippen LogP contribution in [0.15, 0.2) is 12.2 Å². The van der Waals surface area contributed by atoms with E-state index in [2.05, 4.69) is 34.6 Å². The zero-order valence-electron chi connectivity index (χ0n) is 26.5. The molecule has 38 heavy (non-hydrogen) atoms. The number of hydrogen-bond acceptors (Lipinski definition) is 5. The first-order valence-corrected chi connectivity index (χ1v) is 15.5. The molecule has 0 radical (unpaired) electrons. The number of carbonyl (C=O) groups excluding carboxylic acids is 3. The second kappa shape index (κ2) is 18.9. The molecule has 0 spiro atoms. The monoisotopic (exact) mass is 536 g/mol. The van der Waals surface area contributed by atoms with Crippen molar-refractivity contribution < 1.29 is 23.9 Å². The summed E-state index contributed by atoms with van der Waals surface area (Å²) >= 11 is 0. The molecule has 0 amide bonds. The summed E-state index contributed by atoms with van der Waals surface area (Å²) in [5.41, 5.74) is -1.33. The van der Waals surface area contributed by atoms with Crippen molar-refractivity contribution >= 4 is 17.3 Å². The molecule has 0 aliphatic rings.